The van der Waals surface area contributed by atoms with Crippen LogP contribution in [0.2, 0.25) is 0 Å². The number of benzene rings is 1. The molecule has 1 N–H and O–H groups in total. The molecule has 1 fully saturated rings. The molecule has 4 nitrogen and oxygen atoms in total. The minimum atomic E-state index is -0.428. The number of piperazine rings is 1. The van der Waals surface area contributed by atoms with Gasteiger partial charge in [0.1, 0.15) is 18.5 Å². The maximum atomic E-state index is 10.1. The standard InChI is InChI=1S/C16H26N2O2/c1-3-17-8-10-18(11-9-17)12-15(19)13-20-16-7-5-4-6-14(16)2/h4-7,15,19H,3,8-13H2,1-2H3/t15-/m0/s1. The highest BCUT2D eigenvalue weighted by molar-refractivity contribution is 5.31. The maximum Gasteiger partial charge on any atom is 0.122 e. The molecule has 0 aromatic heterocycles. The molecule has 1 aromatic carbocycles. The second kappa shape index (κ2) is 7.62. The van der Waals surface area contributed by atoms with Crippen molar-refractivity contribution in [1.29, 1.82) is 0 Å². The van der Waals surface area contributed by atoms with E-state index >= 15 is 0 Å². The van der Waals surface area contributed by atoms with Crippen molar-refractivity contribution in [2.75, 3.05) is 45.9 Å². The Morgan fingerprint density at radius 1 is 1.15 bits per heavy atom. The fraction of sp³-hybridized carbons (Fsp3) is 0.625. The van der Waals surface area contributed by atoms with E-state index < -0.39 is 6.10 Å². The zero-order valence-electron chi connectivity index (χ0n) is 12.6. The van der Waals surface area contributed by atoms with Crippen molar-refractivity contribution < 1.29 is 9.84 Å². The largest absolute Gasteiger partial charge is 0.491 e. The summed E-state index contributed by atoms with van der Waals surface area (Å²) in [5, 5.41) is 10.1. The Hall–Kier alpha value is -1.10. The SMILES string of the molecule is CCN1CCN(C[C@H](O)COc2ccccc2C)CC1. The molecule has 0 radical (unpaired) electrons. The number of aryl methyl sites for hydroxylation is 1. The molecule has 2 rings (SSSR count). The van der Waals surface area contributed by atoms with Gasteiger partial charge >= 0.3 is 0 Å². The first-order valence-corrected chi connectivity index (χ1v) is 7.50. The number of nitrogens with zero attached hydrogens (tertiary/aromatic N) is 2. The summed E-state index contributed by atoms with van der Waals surface area (Å²) in [6, 6.07) is 7.91. The quantitative estimate of drug-likeness (QED) is 0.852. The molecule has 0 unspecified atom stereocenters. The Bertz CT molecular complexity index is 403. The van der Waals surface area contributed by atoms with Crippen LogP contribution in [0.15, 0.2) is 24.3 Å². The van der Waals surface area contributed by atoms with Gasteiger partial charge < -0.3 is 14.7 Å². The van der Waals surface area contributed by atoms with Crippen LogP contribution in [0.1, 0.15) is 12.5 Å². The topological polar surface area (TPSA) is 35.9 Å². The molecule has 0 spiro atoms. The van der Waals surface area contributed by atoms with Crippen molar-refractivity contribution in [1.82, 2.24) is 9.80 Å². The lowest BCUT2D eigenvalue weighted by Crippen LogP contribution is -2.49. The van der Waals surface area contributed by atoms with E-state index in [1.54, 1.807) is 0 Å². The molecule has 1 aliphatic heterocycles. The minimum Gasteiger partial charge on any atom is -0.491 e. The molecule has 1 atom stereocenters. The predicted molar refractivity (Wildman–Crippen MR) is 81.2 cm³/mol. The van der Waals surface area contributed by atoms with Crippen LogP contribution in [0.25, 0.3) is 0 Å². The van der Waals surface area contributed by atoms with E-state index in [0.29, 0.717) is 13.2 Å². The number of hydrogen-bond donors (Lipinski definition) is 1. The number of aliphatic hydroxyl groups is 1. The van der Waals surface area contributed by atoms with Gasteiger partial charge in [-0.2, -0.15) is 0 Å². The number of aliphatic hydroxyl groups excluding tert-OH is 1. The maximum absolute atomic E-state index is 10.1. The van der Waals surface area contributed by atoms with Crippen molar-refractivity contribution in [3.05, 3.63) is 29.8 Å². The van der Waals surface area contributed by atoms with Gasteiger partial charge in [0, 0.05) is 32.7 Å². The minimum absolute atomic E-state index is 0.360. The van der Waals surface area contributed by atoms with E-state index in [-0.39, 0.29) is 0 Å². The molecule has 1 aromatic rings. The summed E-state index contributed by atoms with van der Waals surface area (Å²) in [7, 11) is 0. The summed E-state index contributed by atoms with van der Waals surface area (Å²) < 4.78 is 5.70. The van der Waals surface area contributed by atoms with E-state index in [0.717, 1.165) is 44.0 Å². The summed E-state index contributed by atoms with van der Waals surface area (Å²) >= 11 is 0. The first-order valence-electron chi connectivity index (χ1n) is 7.50. The smallest absolute Gasteiger partial charge is 0.122 e. The Balaban J connectivity index is 1.71. The first-order chi connectivity index (χ1) is 9.69. The lowest BCUT2D eigenvalue weighted by Gasteiger charge is -2.34. The second-order valence-electron chi connectivity index (χ2n) is 5.47. The molecule has 1 aliphatic rings. The van der Waals surface area contributed by atoms with Crippen LogP contribution in [0, 0.1) is 6.92 Å². The van der Waals surface area contributed by atoms with E-state index in [4.69, 9.17) is 4.74 Å². The van der Waals surface area contributed by atoms with Crippen LogP contribution in [0.4, 0.5) is 0 Å². The molecular formula is C16H26N2O2. The van der Waals surface area contributed by atoms with E-state index in [2.05, 4.69) is 16.7 Å². The first kappa shape index (κ1) is 15.3. The van der Waals surface area contributed by atoms with Crippen molar-refractivity contribution in [2.45, 2.75) is 20.0 Å². The summed E-state index contributed by atoms with van der Waals surface area (Å²) in [5.41, 5.74) is 1.11. The Labute approximate surface area is 122 Å². The Morgan fingerprint density at radius 3 is 2.45 bits per heavy atom. The van der Waals surface area contributed by atoms with Crippen molar-refractivity contribution >= 4 is 0 Å². The molecule has 0 amide bonds. The van der Waals surface area contributed by atoms with Gasteiger partial charge in [0.05, 0.1) is 0 Å². The summed E-state index contributed by atoms with van der Waals surface area (Å²) in [6.07, 6.45) is -0.428. The second-order valence-corrected chi connectivity index (χ2v) is 5.47. The van der Waals surface area contributed by atoms with Crippen molar-refractivity contribution in [3.63, 3.8) is 0 Å². The predicted octanol–water partition coefficient (Wildman–Crippen LogP) is 1.37. The highest BCUT2D eigenvalue weighted by Crippen LogP contribution is 2.16. The molecule has 20 heavy (non-hydrogen) atoms. The summed E-state index contributed by atoms with van der Waals surface area (Å²) in [4.78, 5) is 4.75. The number of β-amino-alcohol motifs (C(OH)–C–C–N with tert-alkyl or cyclic N) is 1. The summed E-state index contributed by atoms with van der Waals surface area (Å²) in [5.74, 6) is 0.863. The van der Waals surface area contributed by atoms with Gasteiger partial charge in [-0.1, -0.05) is 25.1 Å². The van der Waals surface area contributed by atoms with Gasteiger partial charge in [-0.05, 0) is 25.1 Å². The van der Waals surface area contributed by atoms with Gasteiger partial charge in [-0.15, -0.1) is 0 Å². The fourth-order valence-corrected chi connectivity index (χ4v) is 2.54. The van der Waals surface area contributed by atoms with Gasteiger partial charge in [-0.25, -0.2) is 0 Å². The third kappa shape index (κ3) is 4.47. The lowest BCUT2D eigenvalue weighted by atomic mass is 10.2. The number of rotatable bonds is 6. The van der Waals surface area contributed by atoms with Crippen molar-refractivity contribution in [3.8, 4) is 5.75 Å². The van der Waals surface area contributed by atoms with Crippen LogP contribution >= 0.6 is 0 Å². The Kier molecular flexibility index (Phi) is 5.83. The summed E-state index contributed by atoms with van der Waals surface area (Å²) in [6.45, 7) is 10.7. The van der Waals surface area contributed by atoms with Gasteiger partial charge in [0.15, 0.2) is 0 Å². The molecule has 0 saturated carbocycles. The molecule has 0 aliphatic carbocycles. The molecular weight excluding hydrogens is 252 g/mol. The average molecular weight is 278 g/mol. The van der Waals surface area contributed by atoms with Gasteiger partial charge in [0.2, 0.25) is 0 Å². The zero-order valence-corrected chi connectivity index (χ0v) is 12.6. The molecule has 1 heterocycles. The number of hydrogen-bond acceptors (Lipinski definition) is 4. The van der Waals surface area contributed by atoms with Gasteiger partial charge in [-0.3, -0.25) is 4.90 Å². The van der Waals surface area contributed by atoms with Crippen LogP contribution in [0.3, 0.4) is 0 Å². The van der Waals surface area contributed by atoms with Crippen LogP contribution in [-0.4, -0.2) is 66.9 Å². The lowest BCUT2D eigenvalue weighted by molar-refractivity contribution is 0.0469. The number of para-hydroxylation sites is 1. The van der Waals surface area contributed by atoms with Crippen LogP contribution in [0.5, 0.6) is 5.75 Å². The third-order valence-corrected chi connectivity index (χ3v) is 3.91. The zero-order chi connectivity index (χ0) is 14.4. The third-order valence-electron chi connectivity index (χ3n) is 3.91. The number of ether oxygens (including phenoxy) is 1. The highest BCUT2D eigenvalue weighted by atomic mass is 16.5. The normalized spacial score (nSPS) is 18.9. The fourth-order valence-electron chi connectivity index (χ4n) is 2.54. The molecule has 112 valence electrons. The highest BCUT2D eigenvalue weighted by Gasteiger charge is 2.18. The van der Waals surface area contributed by atoms with Crippen LogP contribution < -0.4 is 4.74 Å². The Morgan fingerprint density at radius 2 is 1.80 bits per heavy atom. The van der Waals surface area contributed by atoms with Crippen LogP contribution in [-0.2, 0) is 0 Å². The average Bonchev–Trinajstić information content (AvgIpc) is 2.47. The number of likely N-dealkylation sites (N-methyl/N-ethyl adjacent to an activating group) is 1. The monoisotopic (exact) mass is 278 g/mol. The molecule has 4 heteroatoms. The van der Waals surface area contributed by atoms with E-state index in [1.165, 1.54) is 0 Å². The molecule has 0 bridgehead atoms. The van der Waals surface area contributed by atoms with E-state index in [1.807, 2.05) is 31.2 Å². The van der Waals surface area contributed by atoms with E-state index in [9.17, 15) is 5.11 Å². The van der Waals surface area contributed by atoms with Gasteiger partial charge in [0.25, 0.3) is 0 Å². The van der Waals surface area contributed by atoms with Crippen molar-refractivity contribution in [2.24, 2.45) is 0 Å². The molecule has 1 saturated heterocycles.